The Balaban J connectivity index is 2.02. The zero-order valence-electron chi connectivity index (χ0n) is 7.66. The van der Waals surface area contributed by atoms with Crippen LogP contribution in [0.3, 0.4) is 0 Å². The Kier molecular flexibility index (Phi) is 2.67. The van der Waals surface area contributed by atoms with Crippen LogP contribution in [-0.2, 0) is 0 Å². The third-order valence-corrected chi connectivity index (χ3v) is 3.10. The van der Waals surface area contributed by atoms with Crippen molar-refractivity contribution in [3.05, 3.63) is 10.7 Å². The molecule has 0 radical (unpaired) electrons. The molecular weight excluding hydrogens is 232 g/mol. The first-order valence-electron chi connectivity index (χ1n) is 4.74. The molecule has 72 valence electrons. The lowest BCUT2D eigenvalue weighted by atomic mass is 9.83. The van der Waals surface area contributed by atoms with Crippen LogP contribution < -0.4 is 0 Å². The van der Waals surface area contributed by atoms with Gasteiger partial charge in [0, 0.05) is 21.8 Å². The fraction of sp³-hybridized carbons (Fsp3) is 0.778. The lowest BCUT2D eigenvalue weighted by Crippen LogP contribution is -2.10. The van der Waals surface area contributed by atoms with Gasteiger partial charge in [0.05, 0.1) is 0 Å². The van der Waals surface area contributed by atoms with E-state index in [1.807, 2.05) is 0 Å². The molecule has 1 fully saturated rings. The summed E-state index contributed by atoms with van der Waals surface area (Å²) < 4.78 is 5.35. The van der Waals surface area contributed by atoms with Crippen molar-refractivity contribution in [3.63, 3.8) is 0 Å². The molecule has 1 aliphatic rings. The molecule has 1 heterocycles. The fourth-order valence-corrected chi connectivity index (χ4v) is 2.13. The molecule has 0 amide bonds. The highest BCUT2D eigenvalue weighted by Crippen LogP contribution is 2.34. The number of hydrogen-bond donors (Lipinski definition) is 0. The predicted molar refractivity (Wildman–Crippen MR) is 52.4 cm³/mol. The van der Waals surface area contributed by atoms with E-state index in [9.17, 15) is 0 Å². The van der Waals surface area contributed by atoms with Gasteiger partial charge in [0.1, 0.15) is 0 Å². The number of rotatable bonds is 1. The minimum absolute atomic E-state index is 0.495. The molecule has 1 saturated carbocycles. The van der Waals surface area contributed by atoms with Gasteiger partial charge in [0.25, 0.3) is 4.80 Å². The van der Waals surface area contributed by atoms with Gasteiger partial charge in [-0.05, 0) is 31.6 Å². The molecule has 0 N–H and O–H groups in total. The van der Waals surface area contributed by atoms with Crippen molar-refractivity contribution in [3.8, 4) is 0 Å². The molecule has 0 atom stereocenters. The van der Waals surface area contributed by atoms with E-state index < -0.39 is 0 Å². The van der Waals surface area contributed by atoms with E-state index in [2.05, 4.69) is 33.1 Å². The second kappa shape index (κ2) is 3.78. The van der Waals surface area contributed by atoms with Crippen molar-refractivity contribution >= 4 is 15.9 Å². The van der Waals surface area contributed by atoms with E-state index in [-0.39, 0.29) is 0 Å². The SMILES string of the molecule is CC1CCC(c2nnc(Br)o2)CC1. The van der Waals surface area contributed by atoms with Crippen LogP contribution in [0.4, 0.5) is 0 Å². The number of nitrogens with zero attached hydrogens (tertiary/aromatic N) is 2. The Morgan fingerprint density at radius 2 is 1.92 bits per heavy atom. The van der Waals surface area contributed by atoms with Gasteiger partial charge in [-0.3, -0.25) is 0 Å². The third kappa shape index (κ3) is 2.10. The Bertz CT molecular complexity index is 279. The average molecular weight is 245 g/mol. The van der Waals surface area contributed by atoms with E-state index in [0.717, 1.165) is 11.8 Å². The van der Waals surface area contributed by atoms with Crippen molar-refractivity contribution in [1.29, 1.82) is 0 Å². The van der Waals surface area contributed by atoms with Crippen LogP contribution in [0, 0.1) is 5.92 Å². The first-order chi connectivity index (χ1) is 6.25. The van der Waals surface area contributed by atoms with Crippen molar-refractivity contribution in [2.24, 2.45) is 5.92 Å². The molecule has 0 spiro atoms. The maximum Gasteiger partial charge on any atom is 0.284 e. The second-order valence-corrected chi connectivity index (χ2v) is 4.53. The first-order valence-corrected chi connectivity index (χ1v) is 5.54. The molecule has 13 heavy (non-hydrogen) atoms. The van der Waals surface area contributed by atoms with Gasteiger partial charge in [-0.2, -0.15) is 0 Å². The smallest absolute Gasteiger partial charge is 0.284 e. The highest BCUT2D eigenvalue weighted by atomic mass is 79.9. The third-order valence-electron chi connectivity index (χ3n) is 2.78. The molecule has 0 saturated heterocycles. The van der Waals surface area contributed by atoms with Gasteiger partial charge >= 0.3 is 0 Å². The van der Waals surface area contributed by atoms with Crippen molar-refractivity contribution in [1.82, 2.24) is 10.2 Å². The molecule has 1 aromatic rings. The Labute approximate surface area is 86.0 Å². The Morgan fingerprint density at radius 1 is 1.23 bits per heavy atom. The molecule has 0 aliphatic heterocycles. The van der Waals surface area contributed by atoms with E-state index in [1.165, 1.54) is 25.7 Å². The van der Waals surface area contributed by atoms with Gasteiger partial charge in [-0.1, -0.05) is 6.92 Å². The van der Waals surface area contributed by atoms with E-state index in [1.54, 1.807) is 0 Å². The van der Waals surface area contributed by atoms with Crippen LogP contribution in [0.2, 0.25) is 0 Å². The standard InChI is InChI=1S/C9H13BrN2O/c1-6-2-4-7(5-3-6)8-11-12-9(10)13-8/h6-7H,2-5H2,1H3. The lowest BCUT2D eigenvalue weighted by Gasteiger charge is -2.23. The van der Waals surface area contributed by atoms with Crippen LogP contribution >= 0.6 is 15.9 Å². The highest BCUT2D eigenvalue weighted by Gasteiger charge is 2.23. The molecule has 1 aromatic heterocycles. The summed E-state index contributed by atoms with van der Waals surface area (Å²) in [6, 6.07) is 0. The van der Waals surface area contributed by atoms with Crippen LogP contribution in [0.25, 0.3) is 0 Å². The average Bonchev–Trinajstić information content (AvgIpc) is 2.53. The monoisotopic (exact) mass is 244 g/mol. The van der Waals surface area contributed by atoms with Crippen LogP contribution in [0.15, 0.2) is 9.22 Å². The largest absolute Gasteiger partial charge is 0.415 e. The van der Waals surface area contributed by atoms with Crippen LogP contribution in [0.1, 0.15) is 44.4 Å². The van der Waals surface area contributed by atoms with Gasteiger partial charge in [-0.25, -0.2) is 0 Å². The number of aromatic nitrogens is 2. The topological polar surface area (TPSA) is 38.9 Å². The van der Waals surface area contributed by atoms with Crippen molar-refractivity contribution in [2.45, 2.75) is 38.5 Å². The number of halogens is 1. The molecular formula is C9H13BrN2O. The highest BCUT2D eigenvalue weighted by molar-refractivity contribution is 9.10. The summed E-state index contributed by atoms with van der Waals surface area (Å²) in [7, 11) is 0. The van der Waals surface area contributed by atoms with Crippen molar-refractivity contribution < 1.29 is 4.42 Å². The van der Waals surface area contributed by atoms with Crippen LogP contribution in [-0.4, -0.2) is 10.2 Å². The van der Waals surface area contributed by atoms with Gasteiger partial charge in [0.2, 0.25) is 5.89 Å². The molecule has 2 rings (SSSR count). The van der Waals surface area contributed by atoms with Gasteiger partial charge in [-0.15, -0.1) is 10.2 Å². The summed E-state index contributed by atoms with van der Waals surface area (Å²) >= 11 is 3.17. The second-order valence-electron chi connectivity index (χ2n) is 3.85. The first kappa shape index (κ1) is 9.19. The van der Waals surface area contributed by atoms with E-state index in [4.69, 9.17) is 4.42 Å². The minimum atomic E-state index is 0.495. The summed E-state index contributed by atoms with van der Waals surface area (Å²) in [5.41, 5.74) is 0. The van der Waals surface area contributed by atoms with Crippen LogP contribution in [0.5, 0.6) is 0 Å². The quantitative estimate of drug-likeness (QED) is 0.762. The Morgan fingerprint density at radius 3 is 2.46 bits per heavy atom. The normalized spacial score (nSPS) is 29.1. The molecule has 0 unspecified atom stereocenters. The van der Waals surface area contributed by atoms with Gasteiger partial charge in [0.15, 0.2) is 0 Å². The van der Waals surface area contributed by atoms with E-state index >= 15 is 0 Å². The molecule has 3 nitrogen and oxygen atoms in total. The minimum Gasteiger partial charge on any atom is -0.415 e. The Hall–Kier alpha value is -0.380. The molecule has 4 heteroatoms. The fourth-order valence-electron chi connectivity index (χ4n) is 1.89. The lowest BCUT2D eigenvalue weighted by molar-refractivity contribution is 0.304. The van der Waals surface area contributed by atoms with Crippen molar-refractivity contribution in [2.75, 3.05) is 0 Å². The van der Waals surface area contributed by atoms with Gasteiger partial charge < -0.3 is 4.42 Å². The van der Waals surface area contributed by atoms with E-state index in [0.29, 0.717) is 10.7 Å². The zero-order valence-corrected chi connectivity index (χ0v) is 9.25. The summed E-state index contributed by atoms with van der Waals surface area (Å²) in [4.78, 5) is 0.501. The predicted octanol–water partition coefficient (Wildman–Crippen LogP) is 3.13. The zero-order chi connectivity index (χ0) is 9.26. The summed E-state index contributed by atoms with van der Waals surface area (Å²) in [6.07, 6.45) is 4.95. The summed E-state index contributed by atoms with van der Waals surface area (Å²) in [5, 5.41) is 7.81. The maximum absolute atomic E-state index is 5.35. The molecule has 0 aromatic carbocycles. The number of hydrogen-bond acceptors (Lipinski definition) is 3. The summed E-state index contributed by atoms with van der Waals surface area (Å²) in [6.45, 7) is 2.31. The molecule has 0 bridgehead atoms. The summed E-state index contributed by atoms with van der Waals surface area (Å²) in [5.74, 6) is 2.16. The molecule has 1 aliphatic carbocycles. The maximum atomic E-state index is 5.35.